The number of aliphatic carboxylic acids is 1. The lowest BCUT2D eigenvalue weighted by molar-refractivity contribution is -0.152. The van der Waals surface area contributed by atoms with Crippen LogP contribution in [0.1, 0.15) is 33.1 Å². The number of nitrogens with one attached hydrogen (secondary N) is 1. The van der Waals surface area contributed by atoms with E-state index in [0.717, 1.165) is 0 Å². The summed E-state index contributed by atoms with van der Waals surface area (Å²) in [6.07, 6.45) is -1.94. The Labute approximate surface area is 111 Å². The number of carboxylic acid groups (broad SMARTS) is 1. The molecule has 0 atom stereocenters. The third-order valence-corrected chi connectivity index (χ3v) is 3.12. The number of hydrogen-bond donors (Lipinski definition) is 2. The number of rotatable bonds is 10. The van der Waals surface area contributed by atoms with Crippen molar-refractivity contribution in [3.63, 3.8) is 0 Å². The minimum Gasteiger partial charge on any atom is -0.481 e. The van der Waals surface area contributed by atoms with Crippen molar-refractivity contribution in [2.45, 2.75) is 39.5 Å². The molecule has 0 fully saturated rings. The Kier molecular flexibility index (Phi) is 8.22. The normalized spacial score (nSPS) is 11.6. The van der Waals surface area contributed by atoms with Gasteiger partial charge in [0.15, 0.2) is 0 Å². The van der Waals surface area contributed by atoms with Crippen LogP contribution in [0.4, 0.5) is 8.78 Å². The van der Waals surface area contributed by atoms with Crippen LogP contribution in [0.5, 0.6) is 0 Å². The Bertz CT molecular complexity index is 293. The largest absolute Gasteiger partial charge is 0.481 e. The van der Waals surface area contributed by atoms with E-state index in [-0.39, 0.29) is 19.6 Å². The van der Waals surface area contributed by atoms with E-state index in [9.17, 15) is 18.4 Å². The van der Waals surface area contributed by atoms with Gasteiger partial charge >= 0.3 is 5.97 Å². The van der Waals surface area contributed by atoms with Gasteiger partial charge in [0.2, 0.25) is 5.91 Å². The summed E-state index contributed by atoms with van der Waals surface area (Å²) in [6, 6.07) is 0. The quantitative estimate of drug-likeness (QED) is 0.597. The van der Waals surface area contributed by atoms with Gasteiger partial charge in [0.1, 0.15) is 6.61 Å². The van der Waals surface area contributed by atoms with Gasteiger partial charge in [-0.2, -0.15) is 0 Å². The average molecular weight is 281 g/mol. The van der Waals surface area contributed by atoms with Gasteiger partial charge < -0.3 is 15.2 Å². The number of halogens is 2. The summed E-state index contributed by atoms with van der Waals surface area (Å²) in [7, 11) is 0. The van der Waals surface area contributed by atoms with Crippen molar-refractivity contribution in [1.29, 1.82) is 0 Å². The maximum Gasteiger partial charge on any atom is 0.310 e. The summed E-state index contributed by atoms with van der Waals surface area (Å²) in [5, 5.41) is 11.6. The third kappa shape index (κ3) is 6.47. The standard InChI is InChI=1S/C12H21F2NO4/c1-3-12(4-2,11(17)18)7-10(16)15-5-6-19-8-9(13)14/h9H,3-8H2,1-2H3,(H,15,16)(H,17,18). The predicted molar refractivity (Wildman–Crippen MR) is 65.1 cm³/mol. The maximum absolute atomic E-state index is 11.7. The van der Waals surface area contributed by atoms with Crippen molar-refractivity contribution in [2.24, 2.45) is 5.41 Å². The molecule has 0 heterocycles. The number of carbonyl (C=O) groups is 2. The topological polar surface area (TPSA) is 75.6 Å². The zero-order valence-electron chi connectivity index (χ0n) is 11.2. The average Bonchev–Trinajstić information content (AvgIpc) is 2.34. The van der Waals surface area contributed by atoms with Crippen molar-refractivity contribution in [3.05, 3.63) is 0 Å². The van der Waals surface area contributed by atoms with Gasteiger partial charge in [-0.15, -0.1) is 0 Å². The van der Waals surface area contributed by atoms with E-state index in [1.54, 1.807) is 13.8 Å². The van der Waals surface area contributed by atoms with Crippen LogP contribution in [-0.2, 0) is 14.3 Å². The Balaban J connectivity index is 4.05. The van der Waals surface area contributed by atoms with Crippen LogP contribution in [-0.4, -0.2) is 43.2 Å². The lowest BCUT2D eigenvalue weighted by Gasteiger charge is -2.25. The molecule has 0 aromatic rings. The van der Waals surface area contributed by atoms with Crippen molar-refractivity contribution >= 4 is 11.9 Å². The highest BCUT2D eigenvalue weighted by Gasteiger charge is 2.36. The highest BCUT2D eigenvalue weighted by molar-refractivity contribution is 5.84. The van der Waals surface area contributed by atoms with Crippen LogP contribution in [0.25, 0.3) is 0 Å². The summed E-state index contributed by atoms with van der Waals surface area (Å²) in [5.41, 5.74) is -1.06. The molecule has 0 spiro atoms. The highest BCUT2D eigenvalue weighted by atomic mass is 19.3. The number of alkyl halides is 2. The first kappa shape index (κ1) is 17.8. The van der Waals surface area contributed by atoms with E-state index in [2.05, 4.69) is 10.1 Å². The Hall–Kier alpha value is -1.24. The monoisotopic (exact) mass is 281 g/mol. The second kappa shape index (κ2) is 8.79. The fourth-order valence-corrected chi connectivity index (χ4v) is 1.68. The summed E-state index contributed by atoms with van der Waals surface area (Å²) >= 11 is 0. The van der Waals surface area contributed by atoms with Crippen molar-refractivity contribution < 1.29 is 28.2 Å². The second-order valence-corrected chi connectivity index (χ2v) is 4.29. The Morgan fingerprint density at radius 3 is 2.32 bits per heavy atom. The number of carbonyl (C=O) groups excluding carboxylic acids is 1. The molecule has 7 heteroatoms. The summed E-state index contributed by atoms with van der Waals surface area (Å²) in [5.74, 6) is -1.41. The van der Waals surface area contributed by atoms with E-state index in [0.29, 0.717) is 12.8 Å². The molecular formula is C12H21F2NO4. The molecule has 1 amide bonds. The number of hydrogen-bond acceptors (Lipinski definition) is 3. The van der Waals surface area contributed by atoms with Crippen LogP contribution in [0.3, 0.4) is 0 Å². The first-order valence-electron chi connectivity index (χ1n) is 6.24. The highest BCUT2D eigenvalue weighted by Crippen LogP contribution is 2.30. The molecule has 0 aliphatic heterocycles. The summed E-state index contributed by atoms with van der Waals surface area (Å²) < 4.78 is 28.1. The second-order valence-electron chi connectivity index (χ2n) is 4.29. The van der Waals surface area contributed by atoms with E-state index < -0.39 is 30.3 Å². The van der Waals surface area contributed by atoms with Gasteiger partial charge in [-0.05, 0) is 12.8 Å². The Morgan fingerprint density at radius 2 is 1.89 bits per heavy atom. The minimum absolute atomic E-state index is 0.0194. The van der Waals surface area contributed by atoms with Gasteiger partial charge in [0.25, 0.3) is 6.43 Å². The molecule has 0 unspecified atom stereocenters. The zero-order chi connectivity index (χ0) is 14.9. The Morgan fingerprint density at radius 1 is 1.32 bits per heavy atom. The van der Waals surface area contributed by atoms with E-state index in [1.165, 1.54) is 0 Å². The smallest absolute Gasteiger partial charge is 0.310 e. The SMILES string of the molecule is CCC(CC)(CC(=O)NCCOCC(F)F)C(=O)O. The van der Waals surface area contributed by atoms with Gasteiger partial charge in [-0.1, -0.05) is 13.8 Å². The van der Waals surface area contributed by atoms with E-state index >= 15 is 0 Å². The van der Waals surface area contributed by atoms with Crippen molar-refractivity contribution in [2.75, 3.05) is 19.8 Å². The van der Waals surface area contributed by atoms with Crippen LogP contribution in [0, 0.1) is 5.41 Å². The molecule has 0 aliphatic rings. The maximum atomic E-state index is 11.7. The molecular weight excluding hydrogens is 260 g/mol. The molecule has 0 aromatic heterocycles. The van der Waals surface area contributed by atoms with Crippen molar-refractivity contribution in [1.82, 2.24) is 5.32 Å². The summed E-state index contributed by atoms with van der Waals surface area (Å²) in [4.78, 5) is 22.8. The third-order valence-electron chi connectivity index (χ3n) is 3.12. The number of carboxylic acids is 1. The predicted octanol–water partition coefficient (Wildman–Crippen LogP) is 1.67. The molecule has 0 rings (SSSR count). The molecule has 0 radical (unpaired) electrons. The summed E-state index contributed by atoms with van der Waals surface area (Å²) in [6.45, 7) is 2.84. The molecule has 0 bridgehead atoms. The molecule has 112 valence electrons. The molecule has 0 aliphatic carbocycles. The van der Waals surface area contributed by atoms with Crippen LogP contribution >= 0.6 is 0 Å². The van der Waals surface area contributed by atoms with Crippen LogP contribution in [0.2, 0.25) is 0 Å². The van der Waals surface area contributed by atoms with Crippen LogP contribution in [0.15, 0.2) is 0 Å². The molecule has 5 nitrogen and oxygen atoms in total. The fourth-order valence-electron chi connectivity index (χ4n) is 1.68. The lowest BCUT2D eigenvalue weighted by Crippen LogP contribution is -2.38. The van der Waals surface area contributed by atoms with Crippen LogP contribution < -0.4 is 5.32 Å². The lowest BCUT2D eigenvalue weighted by atomic mass is 9.79. The first-order valence-corrected chi connectivity index (χ1v) is 6.24. The number of ether oxygens (including phenoxy) is 1. The molecule has 0 saturated carbocycles. The van der Waals surface area contributed by atoms with Gasteiger partial charge in [-0.25, -0.2) is 8.78 Å². The molecule has 2 N–H and O–H groups in total. The van der Waals surface area contributed by atoms with Gasteiger partial charge in [-0.3, -0.25) is 9.59 Å². The van der Waals surface area contributed by atoms with Gasteiger partial charge in [0.05, 0.1) is 12.0 Å². The fraction of sp³-hybridized carbons (Fsp3) is 0.833. The number of amides is 1. The van der Waals surface area contributed by atoms with Crippen molar-refractivity contribution in [3.8, 4) is 0 Å². The first-order chi connectivity index (χ1) is 8.88. The molecule has 0 aromatic carbocycles. The molecule has 0 saturated heterocycles. The van der Waals surface area contributed by atoms with E-state index in [1.807, 2.05) is 0 Å². The van der Waals surface area contributed by atoms with Gasteiger partial charge in [0, 0.05) is 13.0 Å². The molecule has 19 heavy (non-hydrogen) atoms. The van der Waals surface area contributed by atoms with E-state index in [4.69, 9.17) is 5.11 Å². The minimum atomic E-state index is -2.53. The zero-order valence-corrected chi connectivity index (χ0v) is 11.2.